The van der Waals surface area contributed by atoms with Crippen molar-refractivity contribution in [2.45, 2.75) is 248 Å². The SMILES string of the molecule is CC[C@@H]1NC(=O)[C@H]([C@H](O)[C@H](C)CCCCO)N(C)C(=O)[C@H](C(C)C)N(C)C(=O)[C@H](CC(C)C)N(C)C(=O)[C@H](CC(C)C)N(C)C(=O)[C@@H](C)NC(=O)[C@H](C)CC(=O)[C@H](CC(C)C)N(C)C(=O)[C@H](C(C)C)CC(=O)[C@H]([C@@H](C)OCCCCN2CCOCC2)N(C)C(=O)[C@@H](C)N(C)C1=O. The topological polar surface area (TPSA) is 297 Å². The molecule has 0 aromatic heterocycles. The van der Waals surface area contributed by atoms with Crippen molar-refractivity contribution in [2.24, 2.45) is 47.3 Å². The van der Waals surface area contributed by atoms with Crippen molar-refractivity contribution in [1.82, 2.24) is 49.8 Å². The molecule has 0 bridgehead atoms. The van der Waals surface area contributed by atoms with Crippen LogP contribution >= 0.6 is 0 Å². The summed E-state index contributed by atoms with van der Waals surface area (Å²) in [5, 5.41) is 27.5. The molecule has 552 valence electrons. The molecule has 96 heavy (non-hydrogen) atoms. The van der Waals surface area contributed by atoms with Gasteiger partial charge in [-0.25, -0.2) is 0 Å². The van der Waals surface area contributed by atoms with Gasteiger partial charge in [0, 0.05) is 100 Å². The van der Waals surface area contributed by atoms with Crippen LogP contribution in [0.2, 0.25) is 0 Å². The van der Waals surface area contributed by atoms with E-state index in [4.69, 9.17) is 9.47 Å². The lowest BCUT2D eigenvalue weighted by Crippen LogP contribution is -2.64. The number of hydrogen-bond donors (Lipinski definition) is 4. The van der Waals surface area contributed by atoms with E-state index in [0.717, 1.165) is 35.9 Å². The molecule has 25 nitrogen and oxygen atoms in total. The average Bonchev–Trinajstić information content (AvgIpc) is 0.813. The van der Waals surface area contributed by atoms with Crippen LogP contribution in [0.25, 0.3) is 0 Å². The zero-order valence-electron chi connectivity index (χ0n) is 63.0. The largest absolute Gasteiger partial charge is 0.396 e. The van der Waals surface area contributed by atoms with Crippen LogP contribution in [0, 0.1) is 47.3 Å². The van der Waals surface area contributed by atoms with Gasteiger partial charge in [0.15, 0.2) is 11.6 Å². The fraction of sp³-hybridized carbons (Fsp3) is 0.845. The number of likely N-dealkylation sites (N-methyl/N-ethyl adjacent to an activating group) is 7. The maximum Gasteiger partial charge on any atom is 0.246 e. The molecule has 0 saturated carbocycles. The molecular weight excluding hydrogens is 1230 g/mol. The van der Waals surface area contributed by atoms with E-state index in [1.165, 1.54) is 87.7 Å². The minimum absolute atomic E-state index is 0.0111. The summed E-state index contributed by atoms with van der Waals surface area (Å²) in [5.41, 5.74) is 0. The third-order valence-corrected chi connectivity index (χ3v) is 19.6. The van der Waals surface area contributed by atoms with Gasteiger partial charge < -0.3 is 64.6 Å². The molecule has 0 aromatic rings. The second kappa shape index (κ2) is 41.1. The van der Waals surface area contributed by atoms with E-state index in [9.17, 15) is 29.4 Å². The molecule has 2 saturated heterocycles. The van der Waals surface area contributed by atoms with Gasteiger partial charge in [0.1, 0.15) is 48.3 Å². The Morgan fingerprint density at radius 2 is 1.01 bits per heavy atom. The molecular formula is C71H128N10O15. The van der Waals surface area contributed by atoms with Gasteiger partial charge in [-0.2, -0.15) is 0 Å². The highest BCUT2D eigenvalue weighted by molar-refractivity contribution is 6.00. The zero-order chi connectivity index (χ0) is 73.5. The number of unbranched alkanes of at least 4 members (excludes halogenated alkanes) is 2. The summed E-state index contributed by atoms with van der Waals surface area (Å²) in [6, 6.07) is -11.4. The number of Topliss-reactive ketones (excluding diaryl/α,β-unsaturated/α-hetero) is 2. The van der Waals surface area contributed by atoms with Gasteiger partial charge in [0.05, 0.1) is 31.5 Å². The Kier molecular flexibility index (Phi) is 37.0. The smallest absolute Gasteiger partial charge is 0.246 e. The fourth-order valence-corrected chi connectivity index (χ4v) is 13.1. The number of ether oxygens (including phenoxy) is 2. The summed E-state index contributed by atoms with van der Waals surface area (Å²) in [6.07, 6.45) is -0.0224. The second-order valence-electron chi connectivity index (χ2n) is 29.6. The number of nitrogens with one attached hydrogen (secondary N) is 2. The molecule has 2 heterocycles. The zero-order valence-corrected chi connectivity index (χ0v) is 63.0. The molecule has 0 aromatic carbocycles. The molecule has 2 fully saturated rings. The van der Waals surface area contributed by atoms with Crippen LogP contribution in [0.5, 0.6) is 0 Å². The standard InChI is InChI=1S/C71H128N10O15/c1-24-53-68(91)74(17)50(15)66(89)79(22)60(51(16)96-34-28-26-30-81-31-35-95-36-32-81)58(84)41-52(45(8)9)67(90)75(18)54(37-42(2)3)57(83)40-48(13)63(86)72-49(14)65(88)76(19)55(38-43(4)5)69(92)77(20)56(39-44(6)7)70(93)78(21)59(46(10)11)71(94)80(23)61(64(87)73-53)62(85)47(12)29-25-27-33-82/h42-56,59-62,82,85H,24-41H2,1-23H3,(H,72,86)(H,73,87)/t47-,48-,49-,50-,51-,52+,53+,54+,55+,56+,59+,60+,61+,62-/m1/s1. The summed E-state index contributed by atoms with van der Waals surface area (Å²) in [5.74, 6) is -11.0. The lowest BCUT2D eigenvalue weighted by molar-refractivity contribution is -0.157. The van der Waals surface area contributed by atoms with E-state index in [0.29, 0.717) is 38.9 Å². The van der Waals surface area contributed by atoms with Crippen molar-refractivity contribution < 1.29 is 72.4 Å². The van der Waals surface area contributed by atoms with Crippen LogP contribution in [0.3, 0.4) is 0 Å². The predicted octanol–water partition coefficient (Wildman–Crippen LogP) is 4.51. The number of rotatable bonds is 22. The summed E-state index contributed by atoms with van der Waals surface area (Å²) in [6.45, 7) is 31.7. The number of hydrogen-bond acceptors (Lipinski definition) is 16. The van der Waals surface area contributed by atoms with Crippen LogP contribution in [0.4, 0.5) is 0 Å². The van der Waals surface area contributed by atoms with Crippen LogP contribution in [-0.4, -0.2) is 276 Å². The summed E-state index contributed by atoms with van der Waals surface area (Å²) in [7, 11) is 10.0. The first-order valence-electron chi connectivity index (χ1n) is 35.4. The second-order valence-corrected chi connectivity index (χ2v) is 29.6. The Labute approximate surface area is 575 Å². The van der Waals surface area contributed by atoms with Crippen molar-refractivity contribution in [3.63, 3.8) is 0 Å². The number of morpholine rings is 1. The monoisotopic (exact) mass is 1360 g/mol. The molecule has 0 spiro atoms. The number of aliphatic hydroxyl groups is 2. The van der Waals surface area contributed by atoms with E-state index in [1.54, 1.807) is 55.4 Å². The van der Waals surface area contributed by atoms with Gasteiger partial charge in [-0.3, -0.25) is 57.6 Å². The van der Waals surface area contributed by atoms with E-state index in [-0.39, 0.29) is 69.5 Å². The summed E-state index contributed by atoms with van der Waals surface area (Å²) >= 11 is 0. The maximum absolute atomic E-state index is 15.3. The summed E-state index contributed by atoms with van der Waals surface area (Å²) < 4.78 is 11.9. The highest BCUT2D eigenvalue weighted by atomic mass is 16.5. The first-order valence-corrected chi connectivity index (χ1v) is 35.4. The van der Waals surface area contributed by atoms with Gasteiger partial charge in [-0.15, -0.1) is 0 Å². The Balaban J connectivity index is 3.01. The van der Waals surface area contributed by atoms with E-state index in [2.05, 4.69) is 15.5 Å². The number of carbonyl (C=O) groups excluding carboxylic acids is 11. The molecule has 4 N–H and O–H groups in total. The Bertz CT molecular complexity index is 2550. The molecule has 2 rings (SSSR count). The molecule has 0 radical (unpaired) electrons. The molecule has 0 unspecified atom stereocenters. The van der Waals surface area contributed by atoms with Gasteiger partial charge in [-0.1, -0.05) is 96.4 Å². The van der Waals surface area contributed by atoms with Crippen molar-refractivity contribution >= 4 is 64.7 Å². The van der Waals surface area contributed by atoms with Gasteiger partial charge in [-0.05, 0) is 114 Å². The maximum atomic E-state index is 15.3. The highest BCUT2D eigenvalue weighted by Gasteiger charge is 2.47. The average molecular weight is 1360 g/mol. The molecule has 25 heteroatoms. The van der Waals surface area contributed by atoms with Crippen LogP contribution in [-0.2, 0) is 62.2 Å². The van der Waals surface area contributed by atoms with E-state index in [1.807, 2.05) is 41.5 Å². The number of amides is 9. The Morgan fingerprint density at radius 3 is 1.52 bits per heavy atom. The van der Waals surface area contributed by atoms with Crippen LogP contribution < -0.4 is 10.6 Å². The van der Waals surface area contributed by atoms with Crippen molar-refractivity contribution in [3.05, 3.63) is 0 Å². The van der Waals surface area contributed by atoms with Crippen molar-refractivity contribution in [3.8, 4) is 0 Å². The molecule has 2 aliphatic rings. The van der Waals surface area contributed by atoms with Gasteiger partial charge in [0.25, 0.3) is 0 Å². The predicted molar refractivity (Wildman–Crippen MR) is 369 cm³/mol. The Hall–Kier alpha value is -5.63. The third kappa shape index (κ3) is 24.7. The quantitative estimate of drug-likeness (QED) is 0.108. The molecule has 9 amide bonds. The first kappa shape index (κ1) is 86.5. The normalized spacial score (nSPS) is 27.5. The first-order chi connectivity index (χ1) is 44.7. The lowest BCUT2D eigenvalue weighted by Gasteiger charge is -2.41. The number of ketones is 2. The Morgan fingerprint density at radius 1 is 0.510 bits per heavy atom. The lowest BCUT2D eigenvalue weighted by atomic mass is 9.85. The number of carbonyl (C=O) groups is 11. The van der Waals surface area contributed by atoms with Crippen LogP contribution in [0.15, 0.2) is 0 Å². The number of nitrogens with zero attached hydrogens (tertiary/aromatic N) is 8. The van der Waals surface area contributed by atoms with E-state index >= 15 is 33.6 Å². The van der Waals surface area contributed by atoms with Gasteiger partial charge in [0.2, 0.25) is 53.2 Å². The minimum atomic E-state index is -1.66. The van der Waals surface area contributed by atoms with Gasteiger partial charge >= 0.3 is 0 Å². The molecule has 2 aliphatic heterocycles. The van der Waals surface area contributed by atoms with E-state index < -0.39 is 161 Å². The minimum Gasteiger partial charge on any atom is -0.396 e. The fourth-order valence-electron chi connectivity index (χ4n) is 13.1. The van der Waals surface area contributed by atoms with Crippen molar-refractivity contribution in [2.75, 3.05) is 95.4 Å². The molecule has 14 atom stereocenters. The molecule has 0 aliphatic carbocycles. The highest BCUT2D eigenvalue weighted by Crippen LogP contribution is 2.29. The third-order valence-electron chi connectivity index (χ3n) is 19.6. The number of aliphatic hydroxyl groups excluding tert-OH is 2. The van der Waals surface area contributed by atoms with Crippen molar-refractivity contribution in [1.29, 1.82) is 0 Å². The summed E-state index contributed by atoms with van der Waals surface area (Å²) in [4.78, 5) is 175. The van der Waals surface area contributed by atoms with Crippen LogP contribution in [0.1, 0.15) is 181 Å².